The third kappa shape index (κ3) is 3.47. The van der Waals surface area contributed by atoms with E-state index in [1.807, 2.05) is 0 Å². The second-order valence-electron chi connectivity index (χ2n) is 3.46. The second-order valence-corrected chi connectivity index (χ2v) is 4.33. The van der Waals surface area contributed by atoms with Crippen molar-refractivity contribution in [2.45, 2.75) is 6.42 Å². The Bertz CT molecular complexity index is 505. The van der Waals surface area contributed by atoms with Gasteiger partial charge in [-0.1, -0.05) is 23.2 Å². The van der Waals surface area contributed by atoms with E-state index in [-0.39, 0.29) is 12.3 Å². The van der Waals surface area contributed by atoms with Gasteiger partial charge in [0.2, 0.25) is 5.91 Å². The van der Waals surface area contributed by atoms with Gasteiger partial charge in [0.1, 0.15) is 0 Å². The topological polar surface area (TPSA) is 57.8 Å². The Balaban J connectivity index is 2.03. The normalized spacial score (nSPS) is 10.2. The van der Waals surface area contributed by atoms with Crippen LogP contribution in [0, 0.1) is 0 Å². The number of amides is 1. The summed E-state index contributed by atoms with van der Waals surface area (Å²) in [5.74, 6) is -0.160. The molecule has 6 heteroatoms. The summed E-state index contributed by atoms with van der Waals surface area (Å²) in [4.78, 5) is 18.3. The van der Waals surface area contributed by atoms with Gasteiger partial charge in [0.15, 0.2) is 0 Å². The minimum Gasteiger partial charge on any atom is -0.348 e. The average molecular weight is 270 g/mol. The summed E-state index contributed by atoms with van der Waals surface area (Å²) in [6.45, 7) is 0. The number of aromatic nitrogens is 2. The molecule has 0 radical (unpaired) electrons. The first kappa shape index (κ1) is 12.0. The first-order chi connectivity index (χ1) is 8.13. The van der Waals surface area contributed by atoms with Crippen molar-refractivity contribution in [2.75, 3.05) is 5.32 Å². The predicted octanol–water partition coefficient (Wildman–Crippen LogP) is 2.90. The number of imidazole rings is 1. The van der Waals surface area contributed by atoms with Crippen LogP contribution in [0.25, 0.3) is 0 Å². The molecule has 2 rings (SSSR count). The number of nitrogens with zero attached hydrogens (tertiary/aromatic N) is 1. The molecule has 0 fully saturated rings. The van der Waals surface area contributed by atoms with E-state index >= 15 is 0 Å². The summed E-state index contributed by atoms with van der Waals surface area (Å²) in [7, 11) is 0. The van der Waals surface area contributed by atoms with Crippen molar-refractivity contribution in [2.24, 2.45) is 0 Å². The number of carbonyl (C=O) groups excluding carboxylic acids is 1. The van der Waals surface area contributed by atoms with Crippen molar-refractivity contribution in [3.05, 3.63) is 46.5 Å². The van der Waals surface area contributed by atoms with E-state index in [2.05, 4.69) is 15.3 Å². The van der Waals surface area contributed by atoms with Gasteiger partial charge in [-0.3, -0.25) is 4.79 Å². The Kier molecular flexibility index (Phi) is 3.66. The molecule has 2 aromatic rings. The van der Waals surface area contributed by atoms with E-state index in [0.717, 1.165) is 5.69 Å². The first-order valence-corrected chi connectivity index (χ1v) is 5.62. The average Bonchev–Trinajstić information content (AvgIpc) is 2.67. The Morgan fingerprint density at radius 1 is 1.29 bits per heavy atom. The largest absolute Gasteiger partial charge is 0.348 e. The third-order valence-electron chi connectivity index (χ3n) is 2.05. The van der Waals surface area contributed by atoms with Crippen LogP contribution in [-0.2, 0) is 11.2 Å². The second kappa shape index (κ2) is 5.21. The number of anilines is 1. The lowest BCUT2D eigenvalue weighted by molar-refractivity contribution is -0.115. The molecule has 1 aromatic carbocycles. The van der Waals surface area contributed by atoms with Gasteiger partial charge in [-0.15, -0.1) is 0 Å². The zero-order valence-electron chi connectivity index (χ0n) is 8.71. The van der Waals surface area contributed by atoms with Gasteiger partial charge in [-0.05, 0) is 18.2 Å². The molecule has 4 nitrogen and oxygen atoms in total. The smallest absolute Gasteiger partial charge is 0.230 e. The highest BCUT2D eigenvalue weighted by atomic mass is 35.5. The van der Waals surface area contributed by atoms with Crippen molar-refractivity contribution in [3.8, 4) is 0 Å². The number of aromatic amines is 1. The van der Waals surface area contributed by atoms with Crippen LogP contribution >= 0.6 is 23.2 Å². The van der Waals surface area contributed by atoms with E-state index in [0.29, 0.717) is 15.7 Å². The van der Waals surface area contributed by atoms with Crippen LogP contribution in [0.5, 0.6) is 0 Å². The van der Waals surface area contributed by atoms with E-state index in [9.17, 15) is 4.79 Å². The lowest BCUT2D eigenvalue weighted by Crippen LogP contribution is -2.14. The number of carbonyl (C=O) groups is 1. The van der Waals surface area contributed by atoms with Crippen LogP contribution in [0.2, 0.25) is 10.0 Å². The lowest BCUT2D eigenvalue weighted by Gasteiger charge is -2.05. The molecule has 2 N–H and O–H groups in total. The summed E-state index contributed by atoms with van der Waals surface area (Å²) < 4.78 is 0. The number of H-pyrrole nitrogens is 1. The zero-order valence-corrected chi connectivity index (χ0v) is 10.2. The molecule has 1 amide bonds. The monoisotopic (exact) mass is 269 g/mol. The quantitative estimate of drug-likeness (QED) is 0.900. The fourth-order valence-electron chi connectivity index (χ4n) is 1.39. The van der Waals surface area contributed by atoms with Gasteiger partial charge in [-0.2, -0.15) is 0 Å². The molecule has 88 valence electrons. The Labute approximate surface area is 108 Å². The van der Waals surface area contributed by atoms with Crippen LogP contribution in [0.1, 0.15) is 5.69 Å². The predicted molar refractivity (Wildman–Crippen MR) is 67.4 cm³/mol. The summed E-state index contributed by atoms with van der Waals surface area (Å²) in [6, 6.07) is 4.88. The molecule has 0 aliphatic heterocycles. The SMILES string of the molecule is O=C(Cc1cnc[nH]1)Nc1cc(Cl)cc(Cl)c1. The molecule has 0 aliphatic carbocycles. The highest BCUT2D eigenvalue weighted by molar-refractivity contribution is 6.35. The van der Waals surface area contributed by atoms with Crippen LogP contribution in [0.3, 0.4) is 0 Å². The summed E-state index contributed by atoms with van der Waals surface area (Å²) >= 11 is 11.6. The molecular weight excluding hydrogens is 261 g/mol. The maximum Gasteiger partial charge on any atom is 0.230 e. The van der Waals surface area contributed by atoms with E-state index in [4.69, 9.17) is 23.2 Å². The van der Waals surface area contributed by atoms with E-state index in [1.54, 1.807) is 24.4 Å². The van der Waals surface area contributed by atoms with Crippen molar-refractivity contribution in [3.63, 3.8) is 0 Å². The number of nitrogens with one attached hydrogen (secondary N) is 2. The maximum absolute atomic E-state index is 11.7. The Morgan fingerprint density at radius 2 is 2.00 bits per heavy atom. The van der Waals surface area contributed by atoms with Crippen molar-refractivity contribution >= 4 is 34.8 Å². The van der Waals surface area contributed by atoms with Gasteiger partial charge in [0.25, 0.3) is 0 Å². The van der Waals surface area contributed by atoms with Crippen molar-refractivity contribution in [1.82, 2.24) is 9.97 Å². The zero-order chi connectivity index (χ0) is 12.3. The molecular formula is C11H9Cl2N3O. The van der Waals surface area contributed by atoms with Crippen molar-refractivity contribution < 1.29 is 4.79 Å². The minimum atomic E-state index is -0.160. The summed E-state index contributed by atoms with van der Waals surface area (Å²) in [5, 5.41) is 3.67. The number of benzene rings is 1. The molecule has 1 aromatic heterocycles. The lowest BCUT2D eigenvalue weighted by atomic mass is 10.3. The summed E-state index contributed by atoms with van der Waals surface area (Å²) in [5.41, 5.74) is 1.32. The van der Waals surface area contributed by atoms with Crippen LogP contribution in [-0.4, -0.2) is 15.9 Å². The number of halogens is 2. The van der Waals surface area contributed by atoms with Crippen LogP contribution in [0.4, 0.5) is 5.69 Å². The van der Waals surface area contributed by atoms with E-state index in [1.165, 1.54) is 6.33 Å². The number of hydrogen-bond donors (Lipinski definition) is 2. The Hall–Kier alpha value is -1.52. The van der Waals surface area contributed by atoms with Crippen molar-refractivity contribution in [1.29, 1.82) is 0 Å². The van der Waals surface area contributed by atoms with Gasteiger partial charge in [0, 0.05) is 27.6 Å². The number of hydrogen-bond acceptors (Lipinski definition) is 2. The van der Waals surface area contributed by atoms with Crippen LogP contribution < -0.4 is 5.32 Å². The molecule has 0 aliphatic rings. The molecule has 0 atom stereocenters. The molecule has 0 bridgehead atoms. The fraction of sp³-hybridized carbons (Fsp3) is 0.0909. The Morgan fingerprint density at radius 3 is 2.59 bits per heavy atom. The fourth-order valence-corrected chi connectivity index (χ4v) is 1.91. The maximum atomic E-state index is 11.7. The molecule has 1 heterocycles. The van der Waals surface area contributed by atoms with E-state index < -0.39 is 0 Å². The molecule has 0 spiro atoms. The molecule has 0 saturated carbocycles. The standard InChI is InChI=1S/C11H9Cl2N3O/c12-7-1-8(13)3-9(2-7)16-11(17)4-10-5-14-6-15-10/h1-3,5-6H,4H2,(H,14,15)(H,16,17). The molecule has 0 saturated heterocycles. The molecule has 17 heavy (non-hydrogen) atoms. The first-order valence-electron chi connectivity index (χ1n) is 4.86. The number of rotatable bonds is 3. The highest BCUT2D eigenvalue weighted by Crippen LogP contribution is 2.22. The van der Waals surface area contributed by atoms with Gasteiger partial charge in [0.05, 0.1) is 12.7 Å². The van der Waals surface area contributed by atoms with Crippen LogP contribution in [0.15, 0.2) is 30.7 Å². The van der Waals surface area contributed by atoms with Gasteiger partial charge < -0.3 is 10.3 Å². The molecule has 0 unspecified atom stereocenters. The summed E-state index contributed by atoms with van der Waals surface area (Å²) in [6.07, 6.45) is 3.35. The minimum absolute atomic E-state index is 0.160. The highest BCUT2D eigenvalue weighted by Gasteiger charge is 2.06. The van der Waals surface area contributed by atoms with Gasteiger partial charge >= 0.3 is 0 Å². The third-order valence-corrected chi connectivity index (χ3v) is 2.49. The van der Waals surface area contributed by atoms with Gasteiger partial charge in [-0.25, -0.2) is 4.98 Å².